The monoisotopic (exact) mass is 214 g/mol. The second-order valence-electron chi connectivity index (χ2n) is 3.31. The van der Waals surface area contributed by atoms with Gasteiger partial charge in [0.25, 0.3) is 5.56 Å². The van der Waals surface area contributed by atoms with Crippen molar-refractivity contribution in [2.24, 2.45) is 0 Å². The van der Waals surface area contributed by atoms with Gasteiger partial charge in [-0.2, -0.15) is 0 Å². The Balaban J connectivity index is 2.16. The Hall–Kier alpha value is -0.870. The van der Waals surface area contributed by atoms with E-state index in [1.165, 1.54) is 6.20 Å². The lowest BCUT2D eigenvalue weighted by molar-refractivity contribution is 0.0961. The molecule has 5 heteroatoms. The molecule has 4 nitrogen and oxygen atoms in total. The fraction of sp³-hybridized carbons (Fsp3) is 0.556. The van der Waals surface area contributed by atoms with Gasteiger partial charge in [0, 0.05) is 19.0 Å². The Morgan fingerprint density at radius 1 is 1.71 bits per heavy atom. The fourth-order valence-electron chi connectivity index (χ4n) is 1.57. The molecule has 1 aromatic heterocycles. The number of ether oxygens (including phenoxy) is 1. The Kier molecular flexibility index (Phi) is 2.84. The quantitative estimate of drug-likeness (QED) is 0.740. The summed E-state index contributed by atoms with van der Waals surface area (Å²) in [5, 5.41) is 0.0190. The van der Waals surface area contributed by atoms with E-state index in [4.69, 9.17) is 16.3 Å². The molecular weight excluding hydrogens is 204 g/mol. The number of hydrogen-bond acceptors (Lipinski definition) is 3. The minimum Gasteiger partial charge on any atom is -0.376 e. The molecule has 14 heavy (non-hydrogen) atoms. The third-order valence-corrected chi connectivity index (χ3v) is 2.56. The van der Waals surface area contributed by atoms with Crippen molar-refractivity contribution < 1.29 is 4.74 Å². The van der Waals surface area contributed by atoms with E-state index in [0.717, 1.165) is 19.4 Å². The topological polar surface area (TPSA) is 44.1 Å². The summed E-state index contributed by atoms with van der Waals surface area (Å²) in [6.45, 7) is 1.36. The van der Waals surface area contributed by atoms with Gasteiger partial charge in [0.2, 0.25) is 0 Å². The fourth-order valence-corrected chi connectivity index (χ4v) is 1.74. The molecule has 76 valence electrons. The molecule has 1 aliphatic heterocycles. The van der Waals surface area contributed by atoms with Gasteiger partial charge in [-0.1, -0.05) is 11.6 Å². The van der Waals surface area contributed by atoms with Crippen LogP contribution in [-0.2, 0) is 11.3 Å². The zero-order valence-electron chi connectivity index (χ0n) is 7.65. The van der Waals surface area contributed by atoms with Gasteiger partial charge in [0.1, 0.15) is 0 Å². The van der Waals surface area contributed by atoms with Crippen molar-refractivity contribution in [3.05, 3.63) is 27.9 Å². The van der Waals surface area contributed by atoms with Gasteiger partial charge in [-0.3, -0.25) is 4.79 Å². The van der Waals surface area contributed by atoms with E-state index in [9.17, 15) is 4.79 Å². The Labute approximate surface area is 86.5 Å². The van der Waals surface area contributed by atoms with Gasteiger partial charge in [0.15, 0.2) is 5.15 Å². The van der Waals surface area contributed by atoms with Crippen LogP contribution in [0.1, 0.15) is 12.8 Å². The summed E-state index contributed by atoms with van der Waals surface area (Å²) in [6, 6.07) is 0. The largest absolute Gasteiger partial charge is 0.376 e. The molecule has 0 bridgehead atoms. The van der Waals surface area contributed by atoms with Crippen LogP contribution in [0.15, 0.2) is 17.2 Å². The van der Waals surface area contributed by atoms with Gasteiger partial charge in [-0.05, 0) is 12.8 Å². The molecule has 0 aromatic carbocycles. The van der Waals surface area contributed by atoms with Crippen molar-refractivity contribution in [1.82, 2.24) is 9.55 Å². The Morgan fingerprint density at radius 2 is 2.57 bits per heavy atom. The maximum absolute atomic E-state index is 11.5. The molecule has 1 fully saturated rings. The number of nitrogens with zero attached hydrogens (tertiary/aromatic N) is 2. The van der Waals surface area contributed by atoms with Gasteiger partial charge < -0.3 is 9.30 Å². The molecule has 0 N–H and O–H groups in total. The van der Waals surface area contributed by atoms with E-state index < -0.39 is 0 Å². The maximum Gasteiger partial charge on any atom is 0.288 e. The molecule has 0 saturated carbocycles. The Morgan fingerprint density at radius 3 is 3.29 bits per heavy atom. The van der Waals surface area contributed by atoms with Gasteiger partial charge >= 0.3 is 0 Å². The van der Waals surface area contributed by atoms with Crippen LogP contribution < -0.4 is 5.56 Å². The first kappa shape index (κ1) is 9.68. The van der Waals surface area contributed by atoms with Gasteiger partial charge in [-0.15, -0.1) is 0 Å². The summed E-state index contributed by atoms with van der Waals surface area (Å²) in [5.41, 5.74) is -0.246. The standard InChI is InChI=1S/C9H11ClN2O2/c10-8-9(13)12(4-3-11-8)6-7-2-1-5-14-7/h3-4,7H,1-2,5-6H2. The number of aromatic nitrogens is 2. The van der Waals surface area contributed by atoms with E-state index >= 15 is 0 Å². The van der Waals surface area contributed by atoms with Crippen molar-refractivity contribution in [3.8, 4) is 0 Å². The van der Waals surface area contributed by atoms with Crippen molar-refractivity contribution in [2.75, 3.05) is 6.61 Å². The normalized spacial score (nSPS) is 21.4. The summed E-state index contributed by atoms with van der Waals surface area (Å²) in [4.78, 5) is 15.2. The summed E-state index contributed by atoms with van der Waals surface area (Å²) in [6.07, 6.45) is 5.38. The lowest BCUT2D eigenvalue weighted by Gasteiger charge is -2.10. The van der Waals surface area contributed by atoms with Crippen LogP contribution in [0.25, 0.3) is 0 Å². The molecule has 0 spiro atoms. The molecule has 1 atom stereocenters. The SMILES string of the molecule is O=c1c(Cl)nccn1CC1CCCO1. The van der Waals surface area contributed by atoms with Gasteiger partial charge in [0.05, 0.1) is 12.6 Å². The molecule has 1 aliphatic rings. The smallest absolute Gasteiger partial charge is 0.288 e. The molecule has 2 heterocycles. The second-order valence-corrected chi connectivity index (χ2v) is 3.67. The van der Waals surface area contributed by atoms with Crippen LogP contribution in [0.5, 0.6) is 0 Å². The molecule has 0 aliphatic carbocycles. The first-order valence-electron chi connectivity index (χ1n) is 4.60. The van der Waals surface area contributed by atoms with Crippen LogP contribution in [-0.4, -0.2) is 22.3 Å². The van der Waals surface area contributed by atoms with Crippen LogP contribution in [0.3, 0.4) is 0 Å². The molecule has 0 amide bonds. The van der Waals surface area contributed by atoms with E-state index in [1.54, 1.807) is 10.8 Å². The van der Waals surface area contributed by atoms with E-state index in [2.05, 4.69) is 4.98 Å². The van der Waals surface area contributed by atoms with Crippen molar-refractivity contribution in [2.45, 2.75) is 25.5 Å². The predicted octanol–water partition coefficient (Wildman–Crippen LogP) is 1.08. The molecule has 1 unspecified atom stereocenters. The molecule has 2 rings (SSSR count). The van der Waals surface area contributed by atoms with Crippen LogP contribution in [0, 0.1) is 0 Å². The minimum absolute atomic E-state index is 0.0190. The first-order valence-corrected chi connectivity index (χ1v) is 4.98. The highest BCUT2D eigenvalue weighted by Gasteiger charge is 2.16. The summed E-state index contributed by atoms with van der Waals surface area (Å²) in [7, 11) is 0. The third kappa shape index (κ3) is 1.96. The molecule has 0 radical (unpaired) electrons. The predicted molar refractivity (Wildman–Crippen MR) is 52.5 cm³/mol. The van der Waals surface area contributed by atoms with Crippen LogP contribution in [0.4, 0.5) is 0 Å². The first-order chi connectivity index (χ1) is 6.77. The van der Waals surface area contributed by atoms with Crippen molar-refractivity contribution in [3.63, 3.8) is 0 Å². The summed E-state index contributed by atoms with van der Waals surface area (Å²) in [5.74, 6) is 0. The van der Waals surface area contributed by atoms with Crippen molar-refractivity contribution >= 4 is 11.6 Å². The Bertz CT molecular complexity index is 371. The lowest BCUT2D eigenvalue weighted by atomic mass is 10.2. The molecule has 1 saturated heterocycles. The average molecular weight is 215 g/mol. The molecular formula is C9H11ClN2O2. The van der Waals surface area contributed by atoms with E-state index in [0.29, 0.717) is 6.54 Å². The highest BCUT2D eigenvalue weighted by molar-refractivity contribution is 6.29. The lowest BCUT2D eigenvalue weighted by Crippen LogP contribution is -2.26. The highest BCUT2D eigenvalue weighted by atomic mass is 35.5. The van der Waals surface area contributed by atoms with Gasteiger partial charge in [-0.25, -0.2) is 4.98 Å². The summed E-state index contributed by atoms with van der Waals surface area (Å²) < 4.78 is 6.98. The zero-order chi connectivity index (χ0) is 9.97. The van der Waals surface area contributed by atoms with E-state index in [1.807, 2.05) is 0 Å². The number of rotatable bonds is 2. The zero-order valence-corrected chi connectivity index (χ0v) is 8.41. The number of halogens is 1. The van der Waals surface area contributed by atoms with E-state index in [-0.39, 0.29) is 16.8 Å². The minimum atomic E-state index is -0.246. The second kappa shape index (κ2) is 4.11. The van der Waals surface area contributed by atoms with Crippen LogP contribution in [0.2, 0.25) is 5.15 Å². The maximum atomic E-state index is 11.5. The van der Waals surface area contributed by atoms with Crippen LogP contribution >= 0.6 is 11.6 Å². The third-order valence-electron chi connectivity index (χ3n) is 2.30. The highest BCUT2D eigenvalue weighted by Crippen LogP contribution is 2.13. The average Bonchev–Trinajstić information content (AvgIpc) is 2.66. The summed E-state index contributed by atoms with van der Waals surface area (Å²) >= 11 is 5.61. The van der Waals surface area contributed by atoms with Crippen molar-refractivity contribution in [1.29, 1.82) is 0 Å². The molecule has 1 aromatic rings. The number of hydrogen-bond donors (Lipinski definition) is 0.